The van der Waals surface area contributed by atoms with Gasteiger partial charge in [0.05, 0.1) is 63.5 Å². The van der Waals surface area contributed by atoms with Crippen LogP contribution in [0, 0.1) is 11.9 Å². The van der Waals surface area contributed by atoms with E-state index in [0.29, 0.717) is 64.4 Å². The molecule has 2 aliphatic carbocycles. The summed E-state index contributed by atoms with van der Waals surface area (Å²) in [6.45, 7) is 4.02. The fourth-order valence-electron chi connectivity index (χ4n) is 8.21. The van der Waals surface area contributed by atoms with Gasteiger partial charge in [0.1, 0.15) is 13.1 Å². The Morgan fingerprint density at radius 3 is 1.55 bits per heavy atom. The molecule has 352 valence electrons. The van der Waals surface area contributed by atoms with Gasteiger partial charge in [-0.15, -0.1) is 0 Å². The van der Waals surface area contributed by atoms with E-state index in [1.54, 1.807) is 48.4 Å². The summed E-state index contributed by atoms with van der Waals surface area (Å²) in [5.74, 6) is 3.52. The molecule has 24 heteroatoms. The number of rotatable bonds is 9. The average molecular weight is 1000 g/mol. The van der Waals surface area contributed by atoms with Gasteiger partial charge in [-0.2, -0.15) is 35.8 Å². The quantitative estimate of drug-likeness (QED) is 0.0895. The summed E-state index contributed by atoms with van der Waals surface area (Å²) in [6.07, 6.45) is 13.1. The first-order valence-electron chi connectivity index (χ1n) is 20.3. The monoisotopic (exact) mass is 1000 g/mol. The zero-order valence-electron chi connectivity index (χ0n) is 37.0. The van der Waals surface area contributed by atoms with Crippen molar-refractivity contribution in [2.24, 2.45) is 0 Å². The third kappa shape index (κ3) is 13.6. The number of ether oxygens (including phenoxy) is 2. The zero-order valence-corrected chi connectivity index (χ0v) is 42.5. The van der Waals surface area contributed by atoms with Crippen LogP contribution in [-0.2, 0) is 57.8 Å². The van der Waals surface area contributed by atoms with Gasteiger partial charge in [0.15, 0.2) is 0 Å². The number of carboxylic acids is 1. The number of aromatic nitrogens is 8. The molecule has 6 aromatic rings. The van der Waals surface area contributed by atoms with Gasteiger partial charge in [-0.05, 0) is 82.6 Å². The van der Waals surface area contributed by atoms with Crippen molar-refractivity contribution in [3.05, 3.63) is 99.4 Å². The molecule has 0 amide bonds. The Morgan fingerprint density at radius 2 is 1.18 bits per heavy atom. The van der Waals surface area contributed by atoms with Gasteiger partial charge in [0, 0.05) is 61.9 Å². The number of pyridine rings is 2. The van der Waals surface area contributed by atoms with Gasteiger partial charge in [0.2, 0.25) is 23.8 Å². The van der Waals surface area contributed by atoms with E-state index < -0.39 is 17.9 Å². The number of anilines is 2. The summed E-state index contributed by atoms with van der Waals surface area (Å²) in [7, 11) is 3.84. The van der Waals surface area contributed by atoms with Gasteiger partial charge in [0.25, 0.3) is 0 Å². The maximum atomic E-state index is 13.9. The molecule has 0 saturated carbocycles. The minimum Gasteiger partial charge on any atom is -0.553 e. The number of hydrogen-bond donors (Lipinski definition) is 2. The predicted molar refractivity (Wildman–Crippen MR) is 253 cm³/mol. The van der Waals surface area contributed by atoms with Crippen molar-refractivity contribution in [2.45, 2.75) is 83.5 Å². The Balaban J connectivity index is 0.000000294. The van der Waals surface area contributed by atoms with E-state index >= 15 is 0 Å². The minimum atomic E-state index is -0.937. The molecule has 66 heavy (non-hydrogen) atoms. The minimum absolute atomic E-state index is 0. The van der Waals surface area contributed by atoms with Gasteiger partial charge in [-0.3, -0.25) is 9.59 Å². The summed E-state index contributed by atoms with van der Waals surface area (Å²) in [4.78, 5) is 52.7. The number of carbonyl (C=O) groups excluding carboxylic acids is 1. The molecule has 0 aromatic carbocycles. The van der Waals surface area contributed by atoms with E-state index in [2.05, 4.69) is 29.9 Å². The van der Waals surface area contributed by atoms with Crippen molar-refractivity contribution < 1.29 is 67.7 Å². The van der Waals surface area contributed by atoms with E-state index in [0.717, 1.165) is 60.5 Å². The Labute approximate surface area is 426 Å². The molecular weight excluding hydrogens is 951 g/mol. The first-order valence-corrected chi connectivity index (χ1v) is 21.1. The van der Waals surface area contributed by atoms with Gasteiger partial charge < -0.3 is 44.6 Å². The van der Waals surface area contributed by atoms with E-state index in [1.165, 1.54) is 25.0 Å². The van der Waals surface area contributed by atoms with Crippen molar-refractivity contribution in [2.75, 3.05) is 43.7 Å². The smallest absolute Gasteiger partial charge is 0.553 e. The fraction of sp³-hybridized carbons (Fsp3) is 0.429. The van der Waals surface area contributed by atoms with Crippen molar-refractivity contribution in [1.82, 2.24) is 39.0 Å². The number of fused-ring (bicyclic) bond motifs is 6. The van der Waals surface area contributed by atoms with Crippen LogP contribution in [0.1, 0.15) is 55.1 Å². The van der Waals surface area contributed by atoms with Crippen LogP contribution in [0.2, 0.25) is 10.0 Å². The van der Waals surface area contributed by atoms with Crippen LogP contribution in [0.3, 0.4) is 0 Å². The normalized spacial score (nSPS) is 15.6. The van der Waals surface area contributed by atoms with Crippen molar-refractivity contribution in [1.29, 1.82) is 0 Å². The number of carboxylic acid groups (broad SMARTS) is 1. The molecule has 3 aliphatic rings. The third-order valence-electron chi connectivity index (χ3n) is 11.1. The van der Waals surface area contributed by atoms with Crippen molar-refractivity contribution >= 4 is 96.1 Å². The number of aliphatic carboxylic acids is 1. The number of carbonyl (C=O) groups is 2. The van der Waals surface area contributed by atoms with E-state index in [9.17, 15) is 23.5 Å². The Bertz CT molecular complexity index is 2520. The maximum absolute atomic E-state index is 13.9. The first-order chi connectivity index (χ1) is 30.4. The standard InChI is InChI=1S/C20H21ClFN5O2.C18H17ClFN5O2.C4H8O.H2NO.Na.2H2S/c1-3-29-18(28)11-27-15-5-4-13(26(2)20-23-9-12(21)10-24-20)8-14(15)19-16(27)6-7-17(22)25-19;1-24(18-21-7-10(19)8-22-18)11-2-3-13-12(6-11)17-14(4-5-15(20)23-17)25(13)9-16(26)27;1-2-4-5-3-1;1-2;;;/h6-7,9-10,13H,3-5,8,11H2,1-2H3;4-5,7-8,11H,2-3,6,9H2,1H3,(H,26,27);1-4H2;1-2H;;2*1H2/q;;;-1;+1;;/t13-;11-;;;;;/m00...../s1. The molecule has 2 atom stereocenters. The molecular formula is C42H52Cl2F2N11NaO6S2. The molecule has 1 fully saturated rings. The van der Waals surface area contributed by atoms with Gasteiger partial charge in [-0.1, -0.05) is 23.2 Å². The molecule has 1 aliphatic heterocycles. The second-order valence-electron chi connectivity index (χ2n) is 15.0. The number of nitrogens with zero attached hydrogens (tertiary/aromatic N) is 10. The number of likely N-dealkylation sites (N-methyl/N-ethyl adjacent to an activating group) is 2. The molecule has 6 aromatic heterocycles. The van der Waals surface area contributed by atoms with Crippen LogP contribution in [0.25, 0.3) is 28.0 Å². The molecule has 1 saturated heterocycles. The van der Waals surface area contributed by atoms with Crippen LogP contribution in [0.4, 0.5) is 20.7 Å². The van der Waals surface area contributed by atoms with Crippen LogP contribution in [0.5, 0.6) is 0 Å². The van der Waals surface area contributed by atoms with Gasteiger partial charge in [-0.25, -0.2) is 29.9 Å². The number of esters is 1. The summed E-state index contributed by atoms with van der Waals surface area (Å²) in [5.41, 5.74) is 6.29. The summed E-state index contributed by atoms with van der Waals surface area (Å²) in [5, 5.41) is 16.5. The topological polar surface area (TPSA) is 211 Å². The zero-order chi connectivity index (χ0) is 45.2. The largest absolute Gasteiger partial charge is 1.00 e. The van der Waals surface area contributed by atoms with Crippen LogP contribution in [0.15, 0.2) is 49.1 Å². The number of nitrogens with one attached hydrogen (secondary N) is 1. The Morgan fingerprint density at radius 1 is 0.773 bits per heavy atom. The van der Waals surface area contributed by atoms with Crippen molar-refractivity contribution in [3.63, 3.8) is 0 Å². The van der Waals surface area contributed by atoms with Crippen molar-refractivity contribution in [3.8, 4) is 0 Å². The molecule has 9 rings (SSSR count). The average Bonchev–Trinajstić information content (AvgIpc) is 4.04. The second-order valence-corrected chi connectivity index (χ2v) is 15.8. The molecule has 0 unspecified atom stereocenters. The predicted octanol–water partition coefficient (Wildman–Crippen LogP) is 4.33. The molecule has 0 radical (unpaired) electrons. The maximum Gasteiger partial charge on any atom is 1.00 e. The fourth-order valence-corrected chi connectivity index (χ4v) is 8.41. The number of hydrogen-bond acceptors (Lipinski definition) is 13. The molecule has 3 N–H and O–H groups in total. The van der Waals surface area contributed by atoms with E-state index in [-0.39, 0.29) is 87.7 Å². The van der Waals surface area contributed by atoms with Gasteiger partial charge >= 0.3 is 41.5 Å². The second kappa shape index (κ2) is 26.6. The van der Waals surface area contributed by atoms with Crippen LogP contribution in [-0.4, -0.2) is 107 Å². The molecule has 7 heterocycles. The summed E-state index contributed by atoms with van der Waals surface area (Å²) in [6, 6.07) is 6.07. The molecule has 0 bridgehead atoms. The van der Waals surface area contributed by atoms with Crippen LogP contribution < -0.4 is 39.4 Å². The Hall–Kier alpha value is -3.90. The molecule has 17 nitrogen and oxygen atoms in total. The van der Waals surface area contributed by atoms with E-state index in [1.807, 2.05) is 28.5 Å². The van der Waals surface area contributed by atoms with E-state index in [4.69, 9.17) is 43.8 Å². The first kappa shape index (κ1) is 56.4. The number of halogens is 4. The SMILES string of the molecule is C1CCOC1.CCOC(=O)Cn1c2c(c3nc(F)ccc31)C[C@@H](N(C)c1ncc(Cl)cn1)CC2.CN(c1ncc(Cl)cn1)[C@H]1CCc2c(c3nc(F)ccc3n2CC(=O)O)C1.S.S.[NH-]O.[Na+]. The Kier molecular flexibility index (Phi) is 22.7. The summed E-state index contributed by atoms with van der Waals surface area (Å²) < 4.78 is 41.4. The van der Waals surface area contributed by atoms with Crippen LogP contribution >= 0.6 is 50.2 Å². The molecule has 0 spiro atoms. The summed E-state index contributed by atoms with van der Waals surface area (Å²) >= 11 is 11.7. The third-order valence-corrected chi connectivity index (χ3v) is 11.5.